The van der Waals surface area contributed by atoms with E-state index in [2.05, 4.69) is 16.8 Å². The van der Waals surface area contributed by atoms with Gasteiger partial charge in [-0.15, -0.1) is 0 Å². The lowest BCUT2D eigenvalue weighted by Crippen LogP contribution is -2.44. The molecule has 0 radical (unpaired) electrons. The zero-order chi connectivity index (χ0) is 15.7. The number of piperidine rings is 1. The summed E-state index contributed by atoms with van der Waals surface area (Å²) in [6, 6.07) is 6.35. The van der Waals surface area contributed by atoms with Gasteiger partial charge in [0.15, 0.2) is 0 Å². The number of likely N-dealkylation sites (tertiary alicyclic amines) is 1. The SMILES string of the molecule is Cc1ccc2ncc(=O)n(CCN3CCC(O)CC3C)c2c1. The zero-order valence-electron chi connectivity index (χ0n) is 13.2. The smallest absolute Gasteiger partial charge is 0.269 e. The second kappa shape index (κ2) is 6.18. The Balaban J connectivity index is 1.83. The number of fused-ring (bicyclic) bond motifs is 1. The van der Waals surface area contributed by atoms with Gasteiger partial charge in [0.2, 0.25) is 0 Å². The first kappa shape index (κ1) is 15.2. The molecule has 2 heterocycles. The molecule has 1 N–H and O–H groups in total. The predicted octanol–water partition coefficient (Wildman–Crippen LogP) is 1.55. The summed E-state index contributed by atoms with van der Waals surface area (Å²) in [5.41, 5.74) is 2.83. The van der Waals surface area contributed by atoms with Crippen molar-refractivity contribution in [3.05, 3.63) is 40.3 Å². The van der Waals surface area contributed by atoms with E-state index in [0.29, 0.717) is 12.6 Å². The van der Waals surface area contributed by atoms with Crippen molar-refractivity contribution in [2.24, 2.45) is 0 Å². The highest BCUT2D eigenvalue weighted by molar-refractivity contribution is 5.75. The van der Waals surface area contributed by atoms with Crippen LogP contribution < -0.4 is 5.56 Å². The Morgan fingerprint density at radius 3 is 2.95 bits per heavy atom. The summed E-state index contributed by atoms with van der Waals surface area (Å²) in [7, 11) is 0. The molecule has 1 saturated heterocycles. The van der Waals surface area contributed by atoms with E-state index < -0.39 is 0 Å². The molecule has 118 valence electrons. The van der Waals surface area contributed by atoms with Crippen molar-refractivity contribution >= 4 is 11.0 Å². The molecule has 1 aromatic carbocycles. The van der Waals surface area contributed by atoms with Gasteiger partial charge in [-0.05, 0) is 44.4 Å². The topological polar surface area (TPSA) is 58.4 Å². The van der Waals surface area contributed by atoms with Crippen LogP contribution in [0.3, 0.4) is 0 Å². The third kappa shape index (κ3) is 3.05. The maximum atomic E-state index is 12.2. The molecule has 2 atom stereocenters. The molecule has 2 unspecified atom stereocenters. The minimum Gasteiger partial charge on any atom is -0.393 e. The quantitative estimate of drug-likeness (QED) is 0.934. The molecule has 1 fully saturated rings. The number of aromatic nitrogens is 2. The Morgan fingerprint density at radius 1 is 1.36 bits per heavy atom. The maximum Gasteiger partial charge on any atom is 0.269 e. The monoisotopic (exact) mass is 301 g/mol. The minimum absolute atomic E-state index is 0.0530. The van der Waals surface area contributed by atoms with Crippen LogP contribution in [-0.4, -0.2) is 44.8 Å². The van der Waals surface area contributed by atoms with Crippen molar-refractivity contribution in [1.82, 2.24) is 14.5 Å². The number of aliphatic hydroxyl groups is 1. The van der Waals surface area contributed by atoms with Gasteiger partial charge in [0.1, 0.15) is 0 Å². The molecule has 0 bridgehead atoms. The molecule has 5 nitrogen and oxygen atoms in total. The molecule has 0 aliphatic carbocycles. The first-order chi connectivity index (χ1) is 10.5. The van der Waals surface area contributed by atoms with E-state index in [1.165, 1.54) is 6.20 Å². The van der Waals surface area contributed by atoms with Gasteiger partial charge in [-0.3, -0.25) is 9.69 Å². The molecule has 1 aliphatic rings. The predicted molar refractivity (Wildman–Crippen MR) is 87.0 cm³/mol. The van der Waals surface area contributed by atoms with Gasteiger partial charge < -0.3 is 9.67 Å². The largest absolute Gasteiger partial charge is 0.393 e. The van der Waals surface area contributed by atoms with Crippen molar-refractivity contribution in [3.8, 4) is 0 Å². The third-order valence-corrected chi connectivity index (χ3v) is 4.60. The van der Waals surface area contributed by atoms with E-state index in [9.17, 15) is 9.90 Å². The van der Waals surface area contributed by atoms with E-state index in [1.54, 1.807) is 0 Å². The van der Waals surface area contributed by atoms with E-state index >= 15 is 0 Å². The van der Waals surface area contributed by atoms with Gasteiger partial charge in [-0.25, -0.2) is 4.98 Å². The molecule has 5 heteroatoms. The van der Waals surface area contributed by atoms with Crippen LogP contribution in [0.2, 0.25) is 0 Å². The normalized spacial score (nSPS) is 23.0. The third-order valence-electron chi connectivity index (χ3n) is 4.60. The summed E-state index contributed by atoms with van der Waals surface area (Å²) in [5, 5.41) is 9.71. The first-order valence-electron chi connectivity index (χ1n) is 7.93. The fourth-order valence-corrected chi connectivity index (χ4v) is 3.26. The molecule has 22 heavy (non-hydrogen) atoms. The second-order valence-electron chi connectivity index (χ2n) is 6.30. The molecule has 1 aliphatic heterocycles. The fraction of sp³-hybridized carbons (Fsp3) is 0.529. The van der Waals surface area contributed by atoms with Gasteiger partial charge in [0, 0.05) is 25.7 Å². The Bertz CT molecular complexity index is 725. The van der Waals surface area contributed by atoms with Crippen molar-refractivity contribution < 1.29 is 5.11 Å². The van der Waals surface area contributed by atoms with Crippen molar-refractivity contribution in [2.75, 3.05) is 13.1 Å². The lowest BCUT2D eigenvalue weighted by atomic mass is 10.0. The number of aryl methyl sites for hydroxylation is 1. The van der Waals surface area contributed by atoms with Crippen LogP contribution in [0.1, 0.15) is 25.3 Å². The van der Waals surface area contributed by atoms with E-state index in [1.807, 2.05) is 29.7 Å². The molecular weight excluding hydrogens is 278 g/mol. The average Bonchev–Trinajstić information content (AvgIpc) is 2.48. The highest BCUT2D eigenvalue weighted by Crippen LogP contribution is 2.17. The molecule has 0 amide bonds. The zero-order valence-corrected chi connectivity index (χ0v) is 13.2. The lowest BCUT2D eigenvalue weighted by molar-refractivity contribution is 0.0467. The highest BCUT2D eigenvalue weighted by Gasteiger charge is 2.23. The summed E-state index contributed by atoms with van der Waals surface area (Å²) in [6.07, 6.45) is 2.85. The number of rotatable bonds is 3. The number of nitrogens with zero attached hydrogens (tertiary/aromatic N) is 3. The number of hydrogen-bond donors (Lipinski definition) is 1. The van der Waals surface area contributed by atoms with Crippen molar-refractivity contribution in [1.29, 1.82) is 0 Å². The van der Waals surface area contributed by atoms with Gasteiger partial charge in [-0.2, -0.15) is 0 Å². The Hall–Kier alpha value is -1.72. The summed E-state index contributed by atoms with van der Waals surface area (Å²) < 4.78 is 1.81. The van der Waals surface area contributed by atoms with E-state index in [0.717, 1.165) is 42.5 Å². The maximum absolute atomic E-state index is 12.2. The standard InChI is InChI=1S/C17H23N3O2/c1-12-3-4-15-16(9-12)20(17(22)11-18-15)8-7-19-6-5-14(21)10-13(19)2/h3-4,9,11,13-14,21H,5-8,10H2,1-2H3. The molecule has 1 aromatic heterocycles. The van der Waals surface area contributed by atoms with Crippen LogP contribution in [0.15, 0.2) is 29.2 Å². The van der Waals surface area contributed by atoms with Gasteiger partial charge >= 0.3 is 0 Å². The summed E-state index contributed by atoms with van der Waals surface area (Å²) in [5.74, 6) is 0. The van der Waals surface area contributed by atoms with Crippen LogP contribution in [0, 0.1) is 6.92 Å². The highest BCUT2D eigenvalue weighted by atomic mass is 16.3. The molecule has 2 aromatic rings. The molecule has 3 rings (SSSR count). The Labute approximate surface area is 130 Å². The molecule has 0 saturated carbocycles. The van der Waals surface area contributed by atoms with Crippen molar-refractivity contribution in [2.45, 2.75) is 45.4 Å². The fourth-order valence-electron chi connectivity index (χ4n) is 3.26. The molecule has 0 spiro atoms. The molecular formula is C17H23N3O2. The van der Waals surface area contributed by atoms with Crippen LogP contribution in [-0.2, 0) is 6.54 Å². The Kier molecular flexibility index (Phi) is 4.27. The number of hydrogen-bond acceptors (Lipinski definition) is 4. The van der Waals surface area contributed by atoms with Crippen LogP contribution in [0.25, 0.3) is 11.0 Å². The van der Waals surface area contributed by atoms with E-state index in [-0.39, 0.29) is 11.7 Å². The van der Waals surface area contributed by atoms with Crippen molar-refractivity contribution in [3.63, 3.8) is 0 Å². The summed E-state index contributed by atoms with van der Waals surface area (Å²) in [6.45, 7) is 6.52. The van der Waals surface area contributed by atoms with Gasteiger partial charge in [-0.1, -0.05) is 6.07 Å². The Morgan fingerprint density at radius 2 is 2.18 bits per heavy atom. The number of aliphatic hydroxyl groups excluding tert-OH is 1. The van der Waals surface area contributed by atoms with Gasteiger partial charge in [0.05, 0.1) is 23.3 Å². The van der Waals surface area contributed by atoms with E-state index in [4.69, 9.17) is 0 Å². The first-order valence-corrected chi connectivity index (χ1v) is 7.93. The minimum atomic E-state index is -0.182. The second-order valence-corrected chi connectivity index (χ2v) is 6.30. The van der Waals surface area contributed by atoms with Crippen LogP contribution >= 0.6 is 0 Å². The van der Waals surface area contributed by atoms with Crippen LogP contribution in [0.4, 0.5) is 0 Å². The lowest BCUT2D eigenvalue weighted by Gasteiger charge is -2.35. The van der Waals surface area contributed by atoms with Gasteiger partial charge in [0.25, 0.3) is 5.56 Å². The van der Waals surface area contributed by atoms with Crippen LogP contribution in [0.5, 0.6) is 0 Å². The summed E-state index contributed by atoms with van der Waals surface area (Å²) in [4.78, 5) is 18.8. The average molecular weight is 301 g/mol. The summed E-state index contributed by atoms with van der Waals surface area (Å²) >= 11 is 0. The number of benzene rings is 1.